The molecule has 0 atom stereocenters. The van der Waals surface area contributed by atoms with Gasteiger partial charge in [0.25, 0.3) is 0 Å². The lowest BCUT2D eigenvalue weighted by molar-refractivity contribution is 0.394. The monoisotopic (exact) mass is 220 g/mol. The van der Waals surface area contributed by atoms with Crippen molar-refractivity contribution in [2.45, 2.75) is 52.9 Å². The van der Waals surface area contributed by atoms with Crippen LogP contribution in [0.4, 0.5) is 0 Å². The highest BCUT2D eigenvalue weighted by Crippen LogP contribution is 2.36. The first kappa shape index (κ1) is 13.1. The van der Waals surface area contributed by atoms with Crippen LogP contribution in [0.25, 0.3) is 0 Å². The molecule has 0 aliphatic heterocycles. The van der Waals surface area contributed by atoms with Crippen molar-refractivity contribution >= 4 is 0 Å². The van der Waals surface area contributed by atoms with Crippen LogP contribution in [0.2, 0.25) is 0 Å². The molecule has 0 radical (unpaired) electrons. The molecule has 1 aromatic carbocycles. The van der Waals surface area contributed by atoms with Crippen molar-refractivity contribution in [3.63, 3.8) is 0 Å². The summed E-state index contributed by atoms with van der Waals surface area (Å²) in [6, 6.07) is 4.52. The van der Waals surface area contributed by atoms with E-state index in [1.807, 2.05) is 0 Å². The van der Waals surface area contributed by atoms with Gasteiger partial charge in [-0.05, 0) is 29.4 Å². The Balaban J connectivity index is 3.43. The highest BCUT2D eigenvalue weighted by molar-refractivity contribution is 5.48. The van der Waals surface area contributed by atoms with Crippen molar-refractivity contribution in [1.29, 1.82) is 0 Å². The van der Waals surface area contributed by atoms with E-state index < -0.39 is 0 Å². The fourth-order valence-corrected chi connectivity index (χ4v) is 1.96. The number of hydrogen-bond acceptors (Lipinski definition) is 1. The van der Waals surface area contributed by atoms with Crippen LogP contribution < -0.4 is 4.74 Å². The van der Waals surface area contributed by atoms with Gasteiger partial charge in [0.15, 0.2) is 0 Å². The Morgan fingerprint density at radius 2 is 1.69 bits per heavy atom. The number of ether oxygens (including phenoxy) is 1. The van der Waals surface area contributed by atoms with Gasteiger partial charge in [0.1, 0.15) is 5.75 Å². The third kappa shape index (κ3) is 2.58. The first-order valence-electron chi connectivity index (χ1n) is 5.96. The second-order valence-electron chi connectivity index (χ2n) is 5.82. The predicted octanol–water partition coefficient (Wildman–Crippen LogP) is 4.42. The number of methoxy groups -OCH3 is 1. The van der Waals surface area contributed by atoms with E-state index in [1.165, 1.54) is 16.7 Å². The largest absolute Gasteiger partial charge is 0.496 e. The van der Waals surface area contributed by atoms with E-state index in [9.17, 15) is 0 Å². The van der Waals surface area contributed by atoms with E-state index >= 15 is 0 Å². The van der Waals surface area contributed by atoms with Gasteiger partial charge in [0.05, 0.1) is 7.11 Å². The average Bonchev–Trinajstić information content (AvgIpc) is 2.14. The van der Waals surface area contributed by atoms with Crippen molar-refractivity contribution < 1.29 is 4.74 Å². The Morgan fingerprint density at radius 3 is 2.06 bits per heavy atom. The van der Waals surface area contributed by atoms with Gasteiger partial charge in [0, 0.05) is 5.56 Å². The number of hydrogen-bond donors (Lipinski definition) is 0. The first-order chi connectivity index (χ1) is 7.27. The maximum atomic E-state index is 5.54. The van der Waals surface area contributed by atoms with Crippen LogP contribution in [0.5, 0.6) is 5.75 Å². The summed E-state index contributed by atoms with van der Waals surface area (Å²) >= 11 is 0. The van der Waals surface area contributed by atoms with Crippen LogP contribution >= 0.6 is 0 Å². The zero-order chi connectivity index (χ0) is 12.5. The Labute approximate surface area is 99.8 Å². The fourth-order valence-electron chi connectivity index (χ4n) is 1.96. The molecule has 0 fully saturated rings. The molecule has 0 aromatic heterocycles. The van der Waals surface area contributed by atoms with Gasteiger partial charge < -0.3 is 4.74 Å². The van der Waals surface area contributed by atoms with Crippen LogP contribution in [0.15, 0.2) is 12.1 Å². The summed E-state index contributed by atoms with van der Waals surface area (Å²) in [4.78, 5) is 0. The standard InChI is InChI=1S/C15H24O/c1-10(2)12-8-11(3)14(16-7)13(9-12)15(4,5)6/h8-10H,1-7H3. The van der Waals surface area contributed by atoms with Gasteiger partial charge in [-0.1, -0.05) is 46.8 Å². The molecule has 16 heavy (non-hydrogen) atoms. The van der Waals surface area contributed by atoms with Crippen LogP contribution in [-0.4, -0.2) is 7.11 Å². The van der Waals surface area contributed by atoms with E-state index in [-0.39, 0.29) is 5.41 Å². The maximum Gasteiger partial charge on any atom is 0.125 e. The summed E-state index contributed by atoms with van der Waals surface area (Å²) < 4.78 is 5.54. The third-order valence-corrected chi connectivity index (χ3v) is 2.98. The molecule has 0 aliphatic rings. The molecule has 90 valence electrons. The minimum Gasteiger partial charge on any atom is -0.496 e. The Bertz CT molecular complexity index is 370. The highest BCUT2D eigenvalue weighted by Gasteiger charge is 2.21. The van der Waals surface area contributed by atoms with Gasteiger partial charge >= 0.3 is 0 Å². The van der Waals surface area contributed by atoms with Crippen molar-refractivity contribution in [3.05, 3.63) is 28.8 Å². The Morgan fingerprint density at radius 1 is 1.12 bits per heavy atom. The van der Waals surface area contributed by atoms with E-state index in [1.54, 1.807) is 7.11 Å². The summed E-state index contributed by atoms with van der Waals surface area (Å²) in [7, 11) is 1.76. The molecule has 0 saturated carbocycles. The summed E-state index contributed by atoms with van der Waals surface area (Å²) in [6.07, 6.45) is 0. The Kier molecular flexibility index (Phi) is 3.67. The fraction of sp³-hybridized carbons (Fsp3) is 0.600. The lowest BCUT2D eigenvalue weighted by atomic mass is 9.83. The molecule has 0 heterocycles. The average molecular weight is 220 g/mol. The third-order valence-electron chi connectivity index (χ3n) is 2.98. The van der Waals surface area contributed by atoms with Crippen molar-refractivity contribution in [2.24, 2.45) is 0 Å². The summed E-state index contributed by atoms with van der Waals surface area (Å²) in [5.74, 6) is 1.60. The first-order valence-corrected chi connectivity index (χ1v) is 5.96. The van der Waals surface area contributed by atoms with E-state index in [0.717, 1.165) is 5.75 Å². The van der Waals surface area contributed by atoms with Crippen LogP contribution in [0.1, 0.15) is 57.2 Å². The number of aryl methyl sites for hydroxylation is 1. The zero-order valence-corrected chi connectivity index (χ0v) is 11.6. The van der Waals surface area contributed by atoms with E-state index in [4.69, 9.17) is 4.74 Å². The van der Waals surface area contributed by atoms with Crippen molar-refractivity contribution in [2.75, 3.05) is 7.11 Å². The molecule has 0 unspecified atom stereocenters. The molecule has 0 saturated heterocycles. The molecular formula is C15H24O. The number of rotatable bonds is 2. The molecule has 0 aliphatic carbocycles. The molecule has 1 rings (SSSR count). The van der Waals surface area contributed by atoms with Gasteiger partial charge in [-0.15, -0.1) is 0 Å². The molecule has 0 N–H and O–H groups in total. The van der Waals surface area contributed by atoms with E-state index in [0.29, 0.717) is 5.92 Å². The molecule has 0 amide bonds. The SMILES string of the molecule is COc1c(C)cc(C(C)C)cc1C(C)(C)C. The molecule has 0 bridgehead atoms. The Hall–Kier alpha value is -0.980. The normalized spacial score (nSPS) is 12.0. The molecule has 1 aromatic rings. The van der Waals surface area contributed by atoms with Gasteiger partial charge in [-0.25, -0.2) is 0 Å². The predicted molar refractivity (Wildman–Crippen MR) is 70.5 cm³/mol. The van der Waals surface area contributed by atoms with E-state index in [2.05, 4.69) is 53.7 Å². The van der Waals surface area contributed by atoms with Crippen LogP contribution in [-0.2, 0) is 5.41 Å². The van der Waals surface area contributed by atoms with Crippen LogP contribution in [0.3, 0.4) is 0 Å². The van der Waals surface area contributed by atoms with Gasteiger partial charge in [-0.3, -0.25) is 0 Å². The molecular weight excluding hydrogens is 196 g/mol. The maximum absolute atomic E-state index is 5.54. The van der Waals surface area contributed by atoms with Crippen LogP contribution in [0, 0.1) is 6.92 Å². The minimum atomic E-state index is 0.126. The highest BCUT2D eigenvalue weighted by atomic mass is 16.5. The second kappa shape index (κ2) is 4.48. The number of benzene rings is 1. The van der Waals surface area contributed by atoms with Gasteiger partial charge in [0.2, 0.25) is 0 Å². The topological polar surface area (TPSA) is 9.23 Å². The summed E-state index contributed by atoms with van der Waals surface area (Å²) in [5, 5.41) is 0. The summed E-state index contributed by atoms with van der Waals surface area (Å²) in [5.41, 5.74) is 4.06. The van der Waals surface area contributed by atoms with Crippen molar-refractivity contribution in [1.82, 2.24) is 0 Å². The second-order valence-corrected chi connectivity index (χ2v) is 5.82. The summed E-state index contributed by atoms with van der Waals surface area (Å²) in [6.45, 7) is 13.3. The lowest BCUT2D eigenvalue weighted by Crippen LogP contribution is -2.14. The van der Waals surface area contributed by atoms with Gasteiger partial charge in [-0.2, -0.15) is 0 Å². The smallest absolute Gasteiger partial charge is 0.125 e. The zero-order valence-electron chi connectivity index (χ0n) is 11.6. The molecule has 0 spiro atoms. The molecule has 1 nitrogen and oxygen atoms in total. The van der Waals surface area contributed by atoms with Crippen molar-refractivity contribution in [3.8, 4) is 5.75 Å². The lowest BCUT2D eigenvalue weighted by Gasteiger charge is -2.25. The minimum absolute atomic E-state index is 0.126. The molecule has 1 heteroatoms. The quantitative estimate of drug-likeness (QED) is 0.716.